The van der Waals surface area contributed by atoms with E-state index in [-0.39, 0.29) is 0 Å². The van der Waals surface area contributed by atoms with Crippen molar-refractivity contribution in [1.82, 2.24) is 5.32 Å². The molecule has 1 N–H and O–H groups in total. The molecule has 100 valence electrons. The number of alkyl halides is 3. The van der Waals surface area contributed by atoms with Crippen molar-refractivity contribution >= 4 is 5.91 Å². The van der Waals surface area contributed by atoms with Gasteiger partial charge >= 0.3 is 12.1 Å². The summed E-state index contributed by atoms with van der Waals surface area (Å²) < 4.78 is 36.9. The molecule has 5 heteroatoms. The lowest BCUT2D eigenvalue weighted by Crippen LogP contribution is -2.43. The van der Waals surface area contributed by atoms with E-state index in [0.717, 1.165) is 0 Å². The van der Waals surface area contributed by atoms with Crippen LogP contribution in [-0.2, 0) is 4.79 Å². The minimum absolute atomic E-state index is 0.512. The zero-order valence-corrected chi connectivity index (χ0v) is 10.5. The third-order valence-electron chi connectivity index (χ3n) is 2.53. The van der Waals surface area contributed by atoms with E-state index in [9.17, 15) is 18.0 Å². The van der Waals surface area contributed by atoms with Gasteiger partial charge in [-0.15, -0.1) is 0 Å². The van der Waals surface area contributed by atoms with Crippen LogP contribution in [0.4, 0.5) is 13.2 Å². The van der Waals surface area contributed by atoms with Gasteiger partial charge in [0.1, 0.15) is 0 Å². The third kappa shape index (κ3) is 3.75. The van der Waals surface area contributed by atoms with Crippen LogP contribution in [0.2, 0.25) is 0 Å². The van der Waals surface area contributed by atoms with Crippen molar-refractivity contribution in [2.45, 2.75) is 33.0 Å². The molecule has 0 aliphatic heterocycles. The Morgan fingerprint density at radius 1 is 1.11 bits per heavy atom. The predicted molar refractivity (Wildman–Crippen MR) is 62.8 cm³/mol. The quantitative estimate of drug-likeness (QED) is 0.866. The maximum atomic E-state index is 12.3. The number of amides is 1. The Morgan fingerprint density at radius 3 is 2.00 bits per heavy atom. The average Bonchev–Trinajstić information content (AvgIpc) is 2.23. The molecule has 1 aromatic carbocycles. The van der Waals surface area contributed by atoms with Crippen LogP contribution in [0.15, 0.2) is 30.3 Å². The predicted octanol–water partition coefficient (Wildman–Crippen LogP) is 3.45. The highest BCUT2D eigenvalue weighted by Gasteiger charge is 2.41. The Labute approximate surface area is 104 Å². The van der Waals surface area contributed by atoms with E-state index < -0.39 is 23.5 Å². The monoisotopic (exact) mass is 259 g/mol. The van der Waals surface area contributed by atoms with Gasteiger partial charge < -0.3 is 5.32 Å². The number of hydrogen-bond acceptors (Lipinski definition) is 1. The van der Waals surface area contributed by atoms with Gasteiger partial charge in [-0.1, -0.05) is 51.1 Å². The Hall–Kier alpha value is -1.52. The summed E-state index contributed by atoms with van der Waals surface area (Å²) in [5.41, 5.74) is 0.144. The van der Waals surface area contributed by atoms with Gasteiger partial charge in [0, 0.05) is 0 Å². The van der Waals surface area contributed by atoms with Crippen molar-refractivity contribution < 1.29 is 18.0 Å². The summed E-state index contributed by atoms with van der Waals surface area (Å²) in [7, 11) is 0. The molecule has 0 aliphatic rings. The molecule has 1 unspecified atom stereocenters. The maximum absolute atomic E-state index is 12.3. The van der Waals surface area contributed by atoms with E-state index in [4.69, 9.17) is 0 Å². The maximum Gasteiger partial charge on any atom is 0.471 e. The van der Waals surface area contributed by atoms with Crippen LogP contribution in [0, 0.1) is 5.41 Å². The first-order valence-electron chi connectivity index (χ1n) is 5.55. The van der Waals surface area contributed by atoms with Gasteiger partial charge in [0.2, 0.25) is 0 Å². The van der Waals surface area contributed by atoms with Crippen LogP contribution < -0.4 is 5.32 Å². The number of nitrogens with one attached hydrogen (secondary N) is 1. The molecular formula is C13H16F3NO. The van der Waals surface area contributed by atoms with Crippen LogP contribution in [0.3, 0.4) is 0 Å². The molecule has 0 aliphatic carbocycles. The van der Waals surface area contributed by atoms with Crippen molar-refractivity contribution in [3.05, 3.63) is 35.9 Å². The number of carbonyl (C=O) groups is 1. The lowest BCUT2D eigenvalue weighted by atomic mass is 9.82. The van der Waals surface area contributed by atoms with Crippen LogP contribution in [-0.4, -0.2) is 12.1 Å². The Morgan fingerprint density at radius 2 is 1.61 bits per heavy atom. The van der Waals surface area contributed by atoms with Gasteiger partial charge in [-0.2, -0.15) is 13.2 Å². The standard InChI is InChI=1S/C13H16F3NO/c1-12(2,3)10(9-7-5-4-6-8-9)17-11(18)13(14,15)16/h4-8,10H,1-3H3,(H,17,18). The second kappa shape index (κ2) is 5.00. The van der Waals surface area contributed by atoms with E-state index in [0.29, 0.717) is 5.56 Å². The zero-order valence-electron chi connectivity index (χ0n) is 10.5. The molecule has 0 saturated carbocycles. The lowest BCUT2D eigenvalue weighted by Gasteiger charge is -2.32. The first-order valence-corrected chi connectivity index (χ1v) is 5.55. The molecule has 18 heavy (non-hydrogen) atoms. The average molecular weight is 259 g/mol. The number of halogens is 3. The van der Waals surface area contributed by atoms with Gasteiger partial charge in [-0.25, -0.2) is 0 Å². The number of hydrogen-bond donors (Lipinski definition) is 1. The molecule has 1 amide bonds. The van der Waals surface area contributed by atoms with E-state index in [1.165, 1.54) is 0 Å². The summed E-state index contributed by atoms with van der Waals surface area (Å²) in [5, 5.41) is 2.05. The first kappa shape index (κ1) is 14.5. The fourth-order valence-corrected chi connectivity index (χ4v) is 1.66. The molecule has 0 bridgehead atoms. The summed E-state index contributed by atoms with van der Waals surface area (Å²) in [4.78, 5) is 11.1. The molecule has 0 radical (unpaired) electrons. The molecule has 0 heterocycles. The van der Waals surface area contributed by atoms with Crippen molar-refractivity contribution in [3.63, 3.8) is 0 Å². The van der Waals surface area contributed by atoms with Gasteiger partial charge in [0.25, 0.3) is 0 Å². The van der Waals surface area contributed by atoms with Gasteiger partial charge in [0.15, 0.2) is 0 Å². The van der Waals surface area contributed by atoms with Crippen molar-refractivity contribution in [2.24, 2.45) is 5.41 Å². The van der Waals surface area contributed by atoms with E-state index in [1.807, 2.05) is 5.32 Å². The molecule has 1 aromatic rings. The first-order chi connectivity index (χ1) is 8.12. The van der Waals surface area contributed by atoms with E-state index >= 15 is 0 Å². The minimum Gasteiger partial charge on any atom is -0.341 e. The van der Waals surface area contributed by atoms with Gasteiger partial charge in [-0.05, 0) is 11.0 Å². The summed E-state index contributed by atoms with van der Waals surface area (Å²) in [6.45, 7) is 5.34. The highest BCUT2D eigenvalue weighted by molar-refractivity contribution is 5.82. The molecule has 0 aromatic heterocycles. The summed E-state index contributed by atoms with van der Waals surface area (Å²) >= 11 is 0. The summed E-state index contributed by atoms with van der Waals surface area (Å²) in [5.74, 6) is -1.91. The zero-order chi connectivity index (χ0) is 14.0. The Balaban J connectivity index is 2.99. The van der Waals surface area contributed by atoms with Crippen LogP contribution >= 0.6 is 0 Å². The van der Waals surface area contributed by atoms with Crippen molar-refractivity contribution in [3.8, 4) is 0 Å². The Kier molecular flexibility index (Phi) is 4.04. The highest BCUT2D eigenvalue weighted by atomic mass is 19.4. The van der Waals surface area contributed by atoms with Gasteiger partial charge in [-0.3, -0.25) is 4.79 Å². The fraction of sp³-hybridized carbons (Fsp3) is 0.462. The minimum atomic E-state index is -4.86. The third-order valence-corrected chi connectivity index (χ3v) is 2.53. The second-order valence-electron chi connectivity index (χ2n) is 5.18. The highest BCUT2D eigenvalue weighted by Crippen LogP contribution is 2.33. The molecule has 1 rings (SSSR count). The lowest BCUT2D eigenvalue weighted by molar-refractivity contribution is -0.175. The second-order valence-corrected chi connectivity index (χ2v) is 5.18. The fourth-order valence-electron chi connectivity index (χ4n) is 1.66. The topological polar surface area (TPSA) is 29.1 Å². The SMILES string of the molecule is CC(C)(C)C(NC(=O)C(F)(F)F)c1ccccc1. The molecule has 0 fully saturated rings. The summed E-state index contributed by atoms with van der Waals surface area (Å²) in [6, 6.07) is 7.95. The number of carbonyl (C=O) groups excluding carboxylic acids is 1. The molecule has 0 spiro atoms. The smallest absolute Gasteiger partial charge is 0.341 e. The van der Waals surface area contributed by atoms with Crippen LogP contribution in [0.1, 0.15) is 32.4 Å². The Bertz CT molecular complexity index is 406. The van der Waals surface area contributed by atoms with E-state index in [2.05, 4.69) is 0 Å². The molecule has 1 atom stereocenters. The van der Waals surface area contributed by atoms with Crippen LogP contribution in [0.5, 0.6) is 0 Å². The molecule has 0 saturated heterocycles. The van der Waals surface area contributed by atoms with Crippen LogP contribution in [0.25, 0.3) is 0 Å². The molecular weight excluding hydrogens is 243 g/mol. The number of benzene rings is 1. The van der Waals surface area contributed by atoms with E-state index in [1.54, 1.807) is 51.1 Å². The summed E-state index contributed by atoms with van der Waals surface area (Å²) in [6.07, 6.45) is -4.86. The largest absolute Gasteiger partial charge is 0.471 e. The van der Waals surface area contributed by atoms with Crippen molar-refractivity contribution in [1.29, 1.82) is 0 Å². The number of rotatable bonds is 2. The van der Waals surface area contributed by atoms with Crippen molar-refractivity contribution in [2.75, 3.05) is 0 Å². The van der Waals surface area contributed by atoms with Gasteiger partial charge in [0.05, 0.1) is 6.04 Å². The molecule has 2 nitrogen and oxygen atoms in total. The normalized spacial score (nSPS) is 14.1.